The first-order valence-electron chi connectivity index (χ1n) is 17.1. The lowest BCUT2D eigenvalue weighted by atomic mass is 9.84. The van der Waals surface area contributed by atoms with Crippen LogP contribution in [-0.2, 0) is 54.0 Å². The number of carbonyl (C=O) groups excluding carboxylic acids is 1. The lowest BCUT2D eigenvalue weighted by Gasteiger charge is -2.24. The predicted octanol–water partition coefficient (Wildman–Crippen LogP) is 6.48. The van der Waals surface area contributed by atoms with E-state index in [0.29, 0.717) is 27.5 Å². The fraction of sp³-hybridized carbons (Fsp3) is 0.270. The molecule has 2 aromatic carbocycles. The van der Waals surface area contributed by atoms with Crippen LogP contribution in [0.4, 0.5) is 36.6 Å². The van der Waals surface area contributed by atoms with E-state index in [0.717, 1.165) is 18.4 Å². The second kappa shape index (κ2) is 13.6. The summed E-state index contributed by atoms with van der Waals surface area (Å²) in [5.74, 6) is -5.55. The average Bonchev–Trinajstić information content (AvgIpc) is 3.81. The Morgan fingerprint density at radius 3 is 2.34 bits per heavy atom. The Labute approximate surface area is 329 Å². The van der Waals surface area contributed by atoms with Gasteiger partial charge in [-0.15, -0.1) is 0 Å². The van der Waals surface area contributed by atoms with Gasteiger partial charge in [0.15, 0.2) is 11.5 Å². The molecule has 12 nitrogen and oxygen atoms in total. The number of nitrogens with zero attached hydrogens (tertiary/aromatic N) is 7. The van der Waals surface area contributed by atoms with E-state index in [-0.39, 0.29) is 45.2 Å². The van der Waals surface area contributed by atoms with Crippen LogP contribution < -0.4 is 10.0 Å². The third-order valence-electron chi connectivity index (χ3n) is 9.73. The zero-order valence-corrected chi connectivity index (χ0v) is 31.7. The molecule has 2 aliphatic carbocycles. The monoisotopic (exact) mass is 845 g/mol. The summed E-state index contributed by atoms with van der Waals surface area (Å²) in [6.45, 7) is -1.12. The van der Waals surface area contributed by atoms with E-state index in [4.69, 9.17) is 16.6 Å². The highest BCUT2D eigenvalue weighted by molar-refractivity contribution is 7.92. The van der Waals surface area contributed by atoms with Crippen molar-refractivity contribution in [1.29, 1.82) is 0 Å². The molecule has 0 saturated carbocycles. The molecule has 1 amide bonds. The maximum absolute atomic E-state index is 15.6. The lowest BCUT2D eigenvalue weighted by Crippen LogP contribution is -2.36. The first-order chi connectivity index (χ1) is 27.2. The van der Waals surface area contributed by atoms with Crippen molar-refractivity contribution in [3.63, 3.8) is 0 Å². The largest absolute Gasteiger partial charge is 0.435 e. The molecule has 4 aromatic heterocycles. The highest BCUT2D eigenvalue weighted by Crippen LogP contribution is 2.58. The van der Waals surface area contributed by atoms with Gasteiger partial charge < -0.3 is 9.88 Å². The highest BCUT2D eigenvalue weighted by atomic mass is 35.5. The highest BCUT2D eigenvalue weighted by Gasteiger charge is 2.62. The van der Waals surface area contributed by atoms with E-state index in [9.17, 15) is 35.2 Å². The van der Waals surface area contributed by atoms with Crippen LogP contribution in [0, 0.1) is 29.4 Å². The van der Waals surface area contributed by atoms with Crippen LogP contribution in [0.1, 0.15) is 40.2 Å². The van der Waals surface area contributed by atoms with Crippen molar-refractivity contribution in [1.82, 2.24) is 39.4 Å². The number of aryl methyl sites for hydroxylation is 2. The number of hydrogen-bond acceptors (Lipinski definition) is 7. The Balaban J connectivity index is 1.29. The van der Waals surface area contributed by atoms with E-state index >= 15 is 8.78 Å². The molecule has 0 saturated heterocycles. The molecule has 0 unspecified atom stereocenters. The number of pyridine rings is 1. The van der Waals surface area contributed by atoms with Gasteiger partial charge in [-0.3, -0.25) is 18.9 Å². The van der Waals surface area contributed by atoms with Gasteiger partial charge in [0.1, 0.15) is 35.5 Å². The number of nitrogens with one attached hydrogen (secondary N) is 2. The van der Waals surface area contributed by atoms with Gasteiger partial charge >= 0.3 is 12.1 Å². The Bertz CT molecular complexity index is 2860. The minimum absolute atomic E-state index is 0.0137. The van der Waals surface area contributed by atoms with Crippen LogP contribution in [-0.4, -0.2) is 54.7 Å². The number of carbonyl (C=O) groups is 1. The first-order valence-corrected chi connectivity index (χ1v) is 19.4. The number of aromatic nitrogens is 7. The molecule has 6 aromatic rings. The summed E-state index contributed by atoms with van der Waals surface area (Å²) >= 11 is 6.59. The molecule has 0 radical (unpaired) electrons. The zero-order valence-electron chi connectivity index (χ0n) is 30.1. The van der Waals surface area contributed by atoms with Crippen molar-refractivity contribution < 1.29 is 43.9 Å². The maximum Gasteiger partial charge on any atom is 0.435 e. The predicted molar refractivity (Wildman–Crippen MR) is 196 cm³/mol. The van der Waals surface area contributed by atoms with Gasteiger partial charge in [-0.1, -0.05) is 35.6 Å². The van der Waals surface area contributed by atoms with Gasteiger partial charge in [-0.25, -0.2) is 27.2 Å². The SMILES string of the molecule is Cn1cnc(-c2ccc(-c3ccc(Cl)c4c(NS(C)(=O)=O)nn(C)c34)c([C@H](Cc3cc(F)cc(F)c3)NC(=O)Cn3nc(C(F)(F)F)c4c3C(F)(F)[C@@H]3C#C[C@H]43)n2)c1. The molecule has 0 bridgehead atoms. The summed E-state index contributed by atoms with van der Waals surface area (Å²) in [4.78, 5) is 23.2. The second-order valence-corrected chi connectivity index (χ2v) is 16.1. The fourth-order valence-corrected chi connectivity index (χ4v) is 8.17. The number of alkyl halides is 5. The van der Waals surface area contributed by atoms with E-state index in [2.05, 4.69) is 37.1 Å². The Morgan fingerprint density at radius 2 is 1.72 bits per heavy atom. The normalized spacial score (nSPS) is 17.3. The molecular formula is C37H27ClF7N9O3S. The van der Waals surface area contributed by atoms with Gasteiger partial charge in [0.25, 0.3) is 0 Å². The van der Waals surface area contributed by atoms with Gasteiger partial charge in [-0.2, -0.15) is 32.1 Å². The summed E-state index contributed by atoms with van der Waals surface area (Å²) in [6, 6.07) is 7.50. The number of hydrogen-bond donors (Lipinski definition) is 2. The number of benzene rings is 2. The number of imidazole rings is 1. The molecule has 4 heterocycles. The standard InChI is InChI=1S/C37H27ClF7N9O3S/c1-52-14-27(46-16-52)25-9-6-20(21-5-8-24(38)30-32(21)53(2)50-35(30)51-58(3,56)57)31(48-25)26(12-17-10-18(39)13-19(40)11-17)47-28(55)15-54-34-29(33(49-54)37(43,44)45)22-4-7-23(22)36(34,41)42/h5-6,8-11,13-14,16,22-23,26H,12,15H2,1-3H3,(H,47,55)(H,50,51)/t22-,23+,26-/m0/s1. The molecule has 0 spiro atoms. The maximum atomic E-state index is 15.6. The molecule has 21 heteroatoms. The molecule has 2 N–H and O–H groups in total. The molecule has 2 aliphatic rings. The van der Waals surface area contributed by atoms with E-state index < -0.39 is 81.0 Å². The third kappa shape index (κ3) is 6.81. The van der Waals surface area contributed by atoms with E-state index in [1.54, 1.807) is 36.0 Å². The van der Waals surface area contributed by atoms with Crippen molar-refractivity contribution in [2.24, 2.45) is 20.0 Å². The topological polar surface area (TPSA) is 142 Å². The third-order valence-corrected chi connectivity index (χ3v) is 10.6. The smallest absolute Gasteiger partial charge is 0.346 e. The summed E-state index contributed by atoms with van der Waals surface area (Å²) in [6.07, 6.45) is -1.46. The second-order valence-electron chi connectivity index (χ2n) is 14.0. The number of anilines is 1. The Hall–Kier alpha value is -5.94. The van der Waals surface area contributed by atoms with E-state index in [1.807, 2.05) is 0 Å². The summed E-state index contributed by atoms with van der Waals surface area (Å²) in [5.41, 5.74) is -1.91. The number of halogens is 8. The fourth-order valence-electron chi connectivity index (χ4n) is 7.44. The lowest BCUT2D eigenvalue weighted by molar-refractivity contribution is -0.142. The summed E-state index contributed by atoms with van der Waals surface area (Å²) in [5, 5.41) is 10.7. The molecule has 300 valence electrons. The first kappa shape index (κ1) is 38.9. The molecule has 58 heavy (non-hydrogen) atoms. The van der Waals surface area contributed by atoms with Gasteiger partial charge in [0.2, 0.25) is 15.9 Å². The quantitative estimate of drug-likeness (QED) is 0.119. The summed E-state index contributed by atoms with van der Waals surface area (Å²) < 4.78 is 133. The van der Waals surface area contributed by atoms with Gasteiger partial charge in [0.05, 0.1) is 51.9 Å². The van der Waals surface area contributed by atoms with Gasteiger partial charge in [0, 0.05) is 43.0 Å². The number of sulfonamides is 1. The van der Waals surface area contributed by atoms with Crippen molar-refractivity contribution in [2.45, 2.75) is 37.0 Å². The number of amides is 1. The summed E-state index contributed by atoms with van der Waals surface area (Å²) in [7, 11) is -0.619. The van der Waals surface area contributed by atoms with Crippen molar-refractivity contribution >= 4 is 44.3 Å². The van der Waals surface area contributed by atoms with Crippen molar-refractivity contribution in [3.8, 4) is 34.4 Å². The van der Waals surface area contributed by atoms with Crippen LogP contribution in [0.5, 0.6) is 0 Å². The Kier molecular flexibility index (Phi) is 9.11. The zero-order chi connectivity index (χ0) is 41.6. The molecule has 0 aliphatic heterocycles. The minimum atomic E-state index is -5.14. The van der Waals surface area contributed by atoms with E-state index in [1.165, 1.54) is 24.1 Å². The van der Waals surface area contributed by atoms with Crippen LogP contribution in [0.2, 0.25) is 5.02 Å². The molecular weight excluding hydrogens is 819 g/mol. The molecule has 3 atom stereocenters. The van der Waals surface area contributed by atoms with Crippen LogP contribution in [0.15, 0.2) is 55.0 Å². The molecule has 8 rings (SSSR count). The van der Waals surface area contributed by atoms with Crippen LogP contribution >= 0.6 is 11.6 Å². The van der Waals surface area contributed by atoms with Crippen molar-refractivity contribution in [2.75, 3.05) is 11.0 Å². The molecule has 0 fully saturated rings. The van der Waals surface area contributed by atoms with Crippen molar-refractivity contribution in [3.05, 3.63) is 99.9 Å². The van der Waals surface area contributed by atoms with Crippen LogP contribution in [0.3, 0.4) is 0 Å². The van der Waals surface area contributed by atoms with Crippen LogP contribution in [0.25, 0.3) is 33.4 Å². The number of rotatable bonds is 10. The minimum Gasteiger partial charge on any atom is -0.346 e. The Morgan fingerprint density at radius 1 is 1.02 bits per heavy atom. The number of fused-ring (bicyclic) bond motifs is 4. The average molecular weight is 846 g/mol. The van der Waals surface area contributed by atoms with Gasteiger partial charge in [-0.05, 0) is 36.2 Å².